The molecule has 2 aromatic rings. The first-order valence-electron chi connectivity index (χ1n) is 8.67. The second-order valence-electron chi connectivity index (χ2n) is 6.68. The van der Waals surface area contributed by atoms with Gasteiger partial charge in [0.1, 0.15) is 0 Å². The average Bonchev–Trinajstić information content (AvgIpc) is 3.02. The minimum absolute atomic E-state index is 0.0315. The smallest absolute Gasteiger partial charge is 0.319 e. The van der Waals surface area contributed by atoms with Crippen molar-refractivity contribution in [2.45, 2.75) is 26.8 Å². The predicted octanol–water partition coefficient (Wildman–Crippen LogP) is 4.21. The average molecular weight is 372 g/mol. The molecule has 0 aliphatic carbocycles. The van der Waals surface area contributed by atoms with Crippen LogP contribution in [-0.2, 0) is 17.8 Å². The molecule has 5 nitrogen and oxygen atoms in total. The first-order valence-corrected chi connectivity index (χ1v) is 9.05. The van der Waals surface area contributed by atoms with E-state index in [0.29, 0.717) is 23.8 Å². The Bertz CT molecular complexity index is 836. The van der Waals surface area contributed by atoms with Crippen LogP contribution in [0.3, 0.4) is 0 Å². The van der Waals surface area contributed by atoms with Crippen molar-refractivity contribution in [3.8, 4) is 0 Å². The lowest BCUT2D eigenvalue weighted by Gasteiger charge is -2.19. The van der Waals surface area contributed by atoms with Crippen LogP contribution in [0.15, 0.2) is 42.5 Å². The Morgan fingerprint density at radius 2 is 2.00 bits per heavy atom. The molecule has 3 rings (SSSR count). The molecule has 6 heteroatoms. The van der Waals surface area contributed by atoms with Crippen LogP contribution < -0.4 is 15.5 Å². The number of fused-ring (bicyclic) bond motifs is 1. The van der Waals surface area contributed by atoms with Crippen molar-refractivity contribution in [2.75, 3.05) is 16.8 Å². The van der Waals surface area contributed by atoms with Gasteiger partial charge in [-0.05, 0) is 47.9 Å². The molecule has 0 atom stereocenters. The molecule has 2 aromatic carbocycles. The first-order chi connectivity index (χ1) is 12.4. The summed E-state index contributed by atoms with van der Waals surface area (Å²) in [6.45, 7) is 4.89. The summed E-state index contributed by atoms with van der Waals surface area (Å²) in [5.74, 6) is 0.0970. The van der Waals surface area contributed by atoms with Crippen molar-refractivity contribution in [1.82, 2.24) is 5.32 Å². The van der Waals surface area contributed by atoms with E-state index in [2.05, 4.69) is 10.6 Å². The number of carbonyl (C=O) groups excluding carboxylic acids is 2. The molecule has 0 radical (unpaired) electrons. The van der Waals surface area contributed by atoms with Crippen molar-refractivity contribution in [1.29, 1.82) is 0 Å². The minimum atomic E-state index is -0.280. The molecule has 3 amide bonds. The molecular formula is C20H22ClN3O2. The van der Waals surface area contributed by atoms with Gasteiger partial charge in [-0.1, -0.05) is 37.6 Å². The van der Waals surface area contributed by atoms with Gasteiger partial charge < -0.3 is 15.5 Å². The summed E-state index contributed by atoms with van der Waals surface area (Å²) < 4.78 is 0. The maximum absolute atomic E-state index is 12.3. The normalized spacial score (nSPS) is 12.8. The standard InChI is InChI=1S/C20H22ClN3O2/c1-13(2)19(25)24-9-8-15-11-17(6-7-18(15)24)23-20(26)22-12-14-4-3-5-16(21)10-14/h3-7,10-11,13H,8-9,12H2,1-2H3,(H2,22,23,26). The number of rotatable bonds is 4. The SMILES string of the molecule is CC(C)C(=O)N1CCc2cc(NC(=O)NCc3cccc(Cl)c3)ccc21. The first kappa shape index (κ1) is 18.3. The summed E-state index contributed by atoms with van der Waals surface area (Å²) in [5.41, 5.74) is 3.66. The van der Waals surface area contributed by atoms with E-state index in [1.165, 1.54) is 0 Å². The maximum Gasteiger partial charge on any atom is 0.319 e. The van der Waals surface area contributed by atoms with E-state index in [-0.39, 0.29) is 17.9 Å². The highest BCUT2D eigenvalue weighted by Crippen LogP contribution is 2.31. The largest absolute Gasteiger partial charge is 0.334 e. The monoisotopic (exact) mass is 371 g/mol. The summed E-state index contributed by atoms with van der Waals surface area (Å²) in [6.07, 6.45) is 0.799. The Labute approximate surface area is 158 Å². The molecule has 0 fully saturated rings. The Kier molecular flexibility index (Phi) is 5.47. The fourth-order valence-corrected chi connectivity index (χ4v) is 3.24. The van der Waals surface area contributed by atoms with Crippen LogP contribution in [0.25, 0.3) is 0 Å². The molecule has 0 saturated heterocycles. The van der Waals surface area contributed by atoms with Gasteiger partial charge in [-0.3, -0.25) is 4.79 Å². The third-order valence-electron chi connectivity index (χ3n) is 4.33. The van der Waals surface area contributed by atoms with Gasteiger partial charge in [-0.15, -0.1) is 0 Å². The second-order valence-corrected chi connectivity index (χ2v) is 7.11. The van der Waals surface area contributed by atoms with Crippen molar-refractivity contribution >= 4 is 34.9 Å². The molecule has 0 spiro atoms. The number of hydrogen-bond donors (Lipinski definition) is 2. The lowest BCUT2D eigenvalue weighted by atomic mass is 10.1. The van der Waals surface area contributed by atoms with Gasteiger partial charge in [-0.2, -0.15) is 0 Å². The minimum Gasteiger partial charge on any atom is -0.334 e. The number of nitrogens with zero attached hydrogens (tertiary/aromatic N) is 1. The zero-order valence-corrected chi connectivity index (χ0v) is 15.6. The van der Waals surface area contributed by atoms with Crippen LogP contribution in [-0.4, -0.2) is 18.5 Å². The van der Waals surface area contributed by atoms with Crippen LogP contribution in [0.1, 0.15) is 25.0 Å². The van der Waals surface area contributed by atoms with Crippen LogP contribution in [0, 0.1) is 5.92 Å². The number of nitrogens with one attached hydrogen (secondary N) is 2. The van der Waals surface area contributed by atoms with E-state index >= 15 is 0 Å². The van der Waals surface area contributed by atoms with Gasteiger partial charge >= 0.3 is 6.03 Å². The summed E-state index contributed by atoms with van der Waals surface area (Å²) in [4.78, 5) is 26.2. The molecule has 0 aromatic heterocycles. The molecule has 1 heterocycles. The van der Waals surface area contributed by atoms with Gasteiger partial charge in [0.25, 0.3) is 0 Å². The molecule has 0 unspecified atom stereocenters. The van der Waals surface area contributed by atoms with Crippen LogP contribution in [0.2, 0.25) is 5.02 Å². The molecule has 1 aliphatic rings. The van der Waals surface area contributed by atoms with Crippen molar-refractivity contribution in [2.24, 2.45) is 5.92 Å². The van der Waals surface area contributed by atoms with Crippen LogP contribution in [0.5, 0.6) is 0 Å². The molecule has 1 aliphatic heterocycles. The van der Waals surface area contributed by atoms with Crippen molar-refractivity contribution in [3.05, 3.63) is 58.6 Å². The number of benzene rings is 2. The van der Waals surface area contributed by atoms with Gasteiger partial charge in [-0.25, -0.2) is 4.79 Å². The number of carbonyl (C=O) groups is 2. The van der Waals surface area contributed by atoms with Crippen LogP contribution >= 0.6 is 11.6 Å². The quantitative estimate of drug-likeness (QED) is 0.845. The Hall–Kier alpha value is -2.53. The molecular weight excluding hydrogens is 350 g/mol. The summed E-state index contributed by atoms with van der Waals surface area (Å²) in [5, 5.41) is 6.29. The highest BCUT2D eigenvalue weighted by atomic mass is 35.5. The van der Waals surface area contributed by atoms with E-state index in [1.54, 1.807) is 6.07 Å². The van der Waals surface area contributed by atoms with Gasteiger partial charge in [0.15, 0.2) is 0 Å². The highest BCUT2D eigenvalue weighted by Gasteiger charge is 2.26. The highest BCUT2D eigenvalue weighted by molar-refractivity contribution is 6.30. The Balaban J connectivity index is 1.61. The number of anilines is 2. The summed E-state index contributed by atoms with van der Waals surface area (Å²) in [6, 6.07) is 12.7. The fourth-order valence-electron chi connectivity index (χ4n) is 3.02. The summed E-state index contributed by atoms with van der Waals surface area (Å²) in [7, 11) is 0. The second kappa shape index (κ2) is 7.79. The molecule has 26 heavy (non-hydrogen) atoms. The number of hydrogen-bond acceptors (Lipinski definition) is 2. The van der Waals surface area contributed by atoms with Crippen molar-refractivity contribution < 1.29 is 9.59 Å². The zero-order chi connectivity index (χ0) is 18.7. The van der Waals surface area contributed by atoms with E-state index in [4.69, 9.17) is 11.6 Å². The van der Waals surface area contributed by atoms with Crippen LogP contribution in [0.4, 0.5) is 16.2 Å². The predicted molar refractivity (Wildman–Crippen MR) is 105 cm³/mol. The number of urea groups is 1. The van der Waals surface area contributed by atoms with Gasteiger partial charge in [0.2, 0.25) is 5.91 Å². The lowest BCUT2D eigenvalue weighted by molar-refractivity contribution is -0.121. The lowest BCUT2D eigenvalue weighted by Crippen LogP contribution is -2.32. The van der Waals surface area contributed by atoms with Crippen molar-refractivity contribution in [3.63, 3.8) is 0 Å². The maximum atomic E-state index is 12.3. The van der Waals surface area contributed by atoms with E-state index in [9.17, 15) is 9.59 Å². The fraction of sp³-hybridized carbons (Fsp3) is 0.300. The third-order valence-corrected chi connectivity index (χ3v) is 4.57. The topological polar surface area (TPSA) is 61.4 Å². The number of halogens is 1. The molecule has 136 valence electrons. The summed E-state index contributed by atoms with van der Waals surface area (Å²) >= 11 is 5.94. The third kappa shape index (κ3) is 4.17. The van der Waals surface area contributed by atoms with E-state index in [0.717, 1.165) is 23.2 Å². The molecule has 0 saturated carbocycles. The Morgan fingerprint density at radius 3 is 2.73 bits per heavy atom. The zero-order valence-electron chi connectivity index (χ0n) is 14.9. The van der Waals surface area contributed by atoms with Gasteiger partial charge in [0.05, 0.1) is 0 Å². The number of amides is 3. The van der Waals surface area contributed by atoms with E-state index < -0.39 is 0 Å². The van der Waals surface area contributed by atoms with Gasteiger partial charge in [0, 0.05) is 35.4 Å². The van der Waals surface area contributed by atoms with E-state index in [1.807, 2.05) is 55.1 Å². The molecule has 2 N–H and O–H groups in total. The molecule has 0 bridgehead atoms. The Morgan fingerprint density at radius 1 is 1.19 bits per heavy atom.